The average molecular weight is 221 g/mol. The first-order chi connectivity index (χ1) is 7.68. The molecule has 0 saturated carbocycles. The van der Waals surface area contributed by atoms with Crippen molar-refractivity contribution in [2.24, 2.45) is 11.8 Å². The second-order valence-corrected chi connectivity index (χ2v) is 4.20. The molecule has 1 saturated heterocycles. The van der Waals surface area contributed by atoms with Crippen molar-refractivity contribution >= 4 is 5.97 Å². The molecule has 0 bridgehead atoms. The van der Waals surface area contributed by atoms with E-state index in [1.165, 1.54) is 0 Å². The van der Waals surface area contributed by atoms with Gasteiger partial charge >= 0.3 is 5.97 Å². The lowest BCUT2D eigenvalue weighted by molar-refractivity contribution is -0.142. The molecule has 2 unspecified atom stereocenters. The lowest BCUT2D eigenvalue weighted by Gasteiger charge is -2.15. The normalized spacial score (nSPS) is 24.5. The zero-order valence-corrected chi connectivity index (χ0v) is 8.89. The van der Waals surface area contributed by atoms with Gasteiger partial charge in [-0.25, -0.2) is 0 Å². The van der Waals surface area contributed by atoms with Crippen LogP contribution in [0, 0.1) is 11.8 Å². The molecule has 1 heterocycles. The molecule has 4 heteroatoms. The first-order valence-corrected chi connectivity index (χ1v) is 5.39. The summed E-state index contributed by atoms with van der Waals surface area (Å²) in [6.07, 6.45) is 0.608. The first-order valence-electron chi connectivity index (χ1n) is 5.39. The summed E-state index contributed by atoms with van der Waals surface area (Å²) in [5.74, 6) is -0.797. The summed E-state index contributed by atoms with van der Waals surface area (Å²) in [6, 6.07) is 7.09. The number of para-hydroxylation sites is 1. The number of nitrogens with one attached hydrogen (secondary N) is 1. The van der Waals surface area contributed by atoms with Crippen molar-refractivity contribution in [2.75, 3.05) is 13.1 Å². The van der Waals surface area contributed by atoms with E-state index in [1.54, 1.807) is 12.1 Å². The van der Waals surface area contributed by atoms with E-state index in [-0.39, 0.29) is 17.6 Å². The highest BCUT2D eigenvalue weighted by atomic mass is 16.4. The summed E-state index contributed by atoms with van der Waals surface area (Å²) < 4.78 is 0. The average Bonchev–Trinajstić information content (AvgIpc) is 2.69. The molecule has 0 amide bonds. The Morgan fingerprint density at radius 2 is 2.12 bits per heavy atom. The molecule has 0 aliphatic carbocycles. The lowest BCUT2D eigenvalue weighted by atomic mass is 9.89. The molecule has 4 nitrogen and oxygen atoms in total. The second kappa shape index (κ2) is 4.53. The molecule has 1 fully saturated rings. The third kappa shape index (κ3) is 2.17. The third-order valence-electron chi connectivity index (χ3n) is 3.13. The number of phenols is 1. The van der Waals surface area contributed by atoms with Crippen LogP contribution in [0.4, 0.5) is 0 Å². The molecule has 0 radical (unpaired) electrons. The molecule has 86 valence electrons. The molecule has 0 spiro atoms. The number of carbonyl (C=O) groups is 1. The van der Waals surface area contributed by atoms with Crippen LogP contribution in [0.2, 0.25) is 0 Å². The summed E-state index contributed by atoms with van der Waals surface area (Å²) in [5.41, 5.74) is 0.822. The molecule has 1 aliphatic rings. The number of hydrogen-bond acceptors (Lipinski definition) is 3. The molecular formula is C12H15NO3. The molecule has 1 aromatic rings. The minimum Gasteiger partial charge on any atom is -0.508 e. The van der Waals surface area contributed by atoms with Crippen LogP contribution in [0.5, 0.6) is 5.75 Å². The zero-order chi connectivity index (χ0) is 11.5. The van der Waals surface area contributed by atoms with Gasteiger partial charge in [0.1, 0.15) is 5.75 Å². The van der Waals surface area contributed by atoms with Crippen LogP contribution < -0.4 is 5.32 Å². The van der Waals surface area contributed by atoms with Crippen molar-refractivity contribution in [2.45, 2.75) is 6.42 Å². The third-order valence-corrected chi connectivity index (χ3v) is 3.13. The van der Waals surface area contributed by atoms with Gasteiger partial charge in [0.15, 0.2) is 0 Å². The van der Waals surface area contributed by atoms with E-state index in [1.807, 2.05) is 12.1 Å². The van der Waals surface area contributed by atoms with Crippen LogP contribution in [0.25, 0.3) is 0 Å². The zero-order valence-electron chi connectivity index (χ0n) is 8.89. The fourth-order valence-corrected chi connectivity index (χ4v) is 2.20. The highest BCUT2D eigenvalue weighted by Gasteiger charge is 2.32. The van der Waals surface area contributed by atoms with Crippen molar-refractivity contribution in [3.63, 3.8) is 0 Å². The van der Waals surface area contributed by atoms with Gasteiger partial charge in [-0.15, -0.1) is 0 Å². The van der Waals surface area contributed by atoms with E-state index in [2.05, 4.69) is 5.32 Å². The SMILES string of the molecule is O=C(O)C1CNCC1Cc1ccccc1O. The summed E-state index contributed by atoms with van der Waals surface area (Å²) in [7, 11) is 0. The van der Waals surface area contributed by atoms with Gasteiger partial charge in [-0.3, -0.25) is 4.79 Å². The minimum atomic E-state index is -0.759. The predicted molar refractivity (Wildman–Crippen MR) is 59.3 cm³/mol. The van der Waals surface area contributed by atoms with E-state index >= 15 is 0 Å². The molecular weight excluding hydrogens is 206 g/mol. The van der Waals surface area contributed by atoms with Crippen molar-refractivity contribution in [1.82, 2.24) is 5.32 Å². The van der Waals surface area contributed by atoms with Gasteiger partial charge in [-0.1, -0.05) is 18.2 Å². The van der Waals surface area contributed by atoms with Crippen LogP contribution >= 0.6 is 0 Å². The number of carboxylic acids is 1. The summed E-state index contributed by atoms with van der Waals surface area (Å²) in [4.78, 5) is 11.0. The van der Waals surface area contributed by atoms with Crippen molar-refractivity contribution in [3.8, 4) is 5.75 Å². The Hall–Kier alpha value is -1.55. The minimum absolute atomic E-state index is 0.0609. The molecule has 2 rings (SSSR count). The maximum absolute atomic E-state index is 11.0. The van der Waals surface area contributed by atoms with Crippen LogP contribution in [-0.4, -0.2) is 29.3 Å². The Kier molecular flexibility index (Phi) is 3.10. The molecule has 1 aliphatic heterocycles. The Balaban J connectivity index is 2.10. The van der Waals surface area contributed by atoms with E-state index in [0.29, 0.717) is 19.5 Å². The van der Waals surface area contributed by atoms with Gasteiger partial charge in [0, 0.05) is 6.54 Å². The van der Waals surface area contributed by atoms with Gasteiger partial charge in [0.05, 0.1) is 5.92 Å². The highest BCUT2D eigenvalue weighted by molar-refractivity contribution is 5.71. The number of rotatable bonds is 3. The number of aromatic hydroxyl groups is 1. The highest BCUT2D eigenvalue weighted by Crippen LogP contribution is 2.26. The Morgan fingerprint density at radius 1 is 1.38 bits per heavy atom. The fraction of sp³-hybridized carbons (Fsp3) is 0.417. The number of hydrogen-bond donors (Lipinski definition) is 3. The van der Waals surface area contributed by atoms with E-state index in [0.717, 1.165) is 5.56 Å². The van der Waals surface area contributed by atoms with Crippen LogP contribution in [0.1, 0.15) is 5.56 Å². The molecule has 16 heavy (non-hydrogen) atoms. The number of aliphatic carboxylic acids is 1. The molecule has 0 aromatic heterocycles. The first kappa shape index (κ1) is 11.0. The number of benzene rings is 1. The topological polar surface area (TPSA) is 69.6 Å². The summed E-state index contributed by atoms with van der Waals surface area (Å²) in [5, 5.41) is 21.7. The van der Waals surface area contributed by atoms with Crippen molar-refractivity contribution in [3.05, 3.63) is 29.8 Å². The van der Waals surface area contributed by atoms with Gasteiger partial charge in [0.25, 0.3) is 0 Å². The number of phenolic OH excluding ortho intramolecular Hbond substituents is 1. The Morgan fingerprint density at radius 3 is 2.81 bits per heavy atom. The maximum atomic E-state index is 11.0. The van der Waals surface area contributed by atoms with Crippen LogP contribution in [0.3, 0.4) is 0 Å². The lowest BCUT2D eigenvalue weighted by Crippen LogP contribution is -2.23. The standard InChI is InChI=1S/C12H15NO3/c14-11-4-2-1-3-8(11)5-9-6-13-7-10(9)12(15)16/h1-4,9-10,13-14H,5-7H2,(H,15,16). The van der Waals surface area contributed by atoms with Crippen LogP contribution in [-0.2, 0) is 11.2 Å². The summed E-state index contributed by atoms with van der Waals surface area (Å²) >= 11 is 0. The van der Waals surface area contributed by atoms with Gasteiger partial charge in [-0.05, 0) is 30.5 Å². The maximum Gasteiger partial charge on any atom is 0.308 e. The predicted octanol–water partition coefficient (Wildman–Crippen LogP) is 0.855. The van der Waals surface area contributed by atoms with Crippen molar-refractivity contribution in [1.29, 1.82) is 0 Å². The largest absolute Gasteiger partial charge is 0.508 e. The Bertz CT molecular complexity index is 392. The second-order valence-electron chi connectivity index (χ2n) is 4.20. The van der Waals surface area contributed by atoms with E-state index in [4.69, 9.17) is 5.11 Å². The Labute approximate surface area is 93.9 Å². The van der Waals surface area contributed by atoms with Crippen molar-refractivity contribution < 1.29 is 15.0 Å². The number of carboxylic acid groups (broad SMARTS) is 1. The van der Waals surface area contributed by atoms with Crippen LogP contribution in [0.15, 0.2) is 24.3 Å². The quantitative estimate of drug-likeness (QED) is 0.708. The molecule has 1 aromatic carbocycles. The van der Waals surface area contributed by atoms with Gasteiger partial charge in [0.2, 0.25) is 0 Å². The monoisotopic (exact) mass is 221 g/mol. The molecule has 3 N–H and O–H groups in total. The van der Waals surface area contributed by atoms with E-state index in [9.17, 15) is 9.90 Å². The van der Waals surface area contributed by atoms with Gasteiger partial charge in [-0.2, -0.15) is 0 Å². The fourth-order valence-electron chi connectivity index (χ4n) is 2.20. The summed E-state index contributed by atoms with van der Waals surface area (Å²) in [6.45, 7) is 1.22. The van der Waals surface area contributed by atoms with Gasteiger partial charge < -0.3 is 15.5 Å². The smallest absolute Gasteiger partial charge is 0.308 e. The van der Waals surface area contributed by atoms with E-state index < -0.39 is 5.97 Å². The molecule has 2 atom stereocenters.